The van der Waals surface area contributed by atoms with Gasteiger partial charge in [0, 0.05) is 24.6 Å². The van der Waals surface area contributed by atoms with Gasteiger partial charge in [-0.25, -0.2) is 0 Å². The summed E-state index contributed by atoms with van der Waals surface area (Å²) in [6, 6.07) is 7.50. The molecular formula is C14H14N2O3. The molecule has 1 saturated heterocycles. The highest BCUT2D eigenvalue weighted by molar-refractivity contribution is 5.95. The minimum Gasteiger partial charge on any atom is -0.454 e. The minimum absolute atomic E-state index is 0.00492. The van der Waals surface area contributed by atoms with Crippen molar-refractivity contribution in [1.29, 1.82) is 5.26 Å². The van der Waals surface area contributed by atoms with Crippen molar-refractivity contribution in [2.45, 2.75) is 12.8 Å². The number of ether oxygens (including phenoxy) is 2. The number of benzene rings is 1. The van der Waals surface area contributed by atoms with E-state index in [4.69, 9.17) is 14.7 Å². The standard InChI is InChI=1S/C14H14N2O3/c15-8-10-3-5-16(6-4-10)14(17)11-1-2-12-13(7-11)19-9-18-12/h1-2,7,10H,3-6,9H2. The molecule has 0 atom stereocenters. The number of nitrogens with zero attached hydrogens (tertiary/aromatic N) is 2. The Morgan fingerprint density at radius 1 is 1.26 bits per heavy atom. The number of hydrogen-bond acceptors (Lipinski definition) is 4. The van der Waals surface area contributed by atoms with Crippen molar-refractivity contribution in [3.8, 4) is 17.6 Å². The molecule has 1 aromatic rings. The van der Waals surface area contributed by atoms with Crippen molar-refractivity contribution in [1.82, 2.24) is 4.90 Å². The molecule has 0 N–H and O–H groups in total. The van der Waals surface area contributed by atoms with E-state index in [2.05, 4.69) is 6.07 Å². The summed E-state index contributed by atoms with van der Waals surface area (Å²) in [4.78, 5) is 14.1. The molecule has 1 amide bonds. The van der Waals surface area contributed by atoms with Gasteiger partial charge in [0.25, 0.3) is 5.91 Å². The first-order valence-corrected chi connectivity index (χ1v) is 6.36. The molecule has 0 unspecified atom stereocenters. The largest absolute Gasteiger partial charge is 0.454 e. The average molecular weight is 258 g/mol. The first-order chi connectivity index (χ1) is 9.28. The van der Waals surface area contributed by atoms with E-state index in [-0.39, 0.29) is 18.6 Å². The van der Waals surface area contributed by atoms with Crippen LogP contribution in [0.3, 0.4) is 0 Å². The number of piperidine rings is 1. The van der Waals surface area contributed by atoms with E-state index in [1.807, 2.05) is 0 Å². The number of rotatable bonds is 1. The fourth-order valence-corrected chi connectivity index (χ4v) is 2.42. The van der Waals surface area contributed by atoms with Crippen molar-refractivity contribution in [2.75, 3.05) is 19.9 Å². The average Bonchev–Trinajstić information content (AvgIpc) is 2.94. The van der Waals surface area contributed by atoms with E-state index in [0.29, 0.717) is 30.2 Å². The molecule has 98 valence electrons. The monoisotopic (exact) mass is 258 g/mol. The highest BCUT2D eigenvalue weighted by Crippen LogP contribution is 2.33. The molecule has 0 radical (unpaired) electrons. The third-order valence-electron chi connectivity index (χ3n) is 3.58. The van der Waals surface area contributed by atoms with Crippen molar-refractivity contribution in [3.05, 3.63) is 23.8 Å². The van der Waals surface area contributed by atoms with Crippen LogP contribution in [0.25, 0.3) is 0 Å². The molecule has 5 heteroatoms. The van der Waals surface area contributed by atoms with Crippen LogP contribution in [0.5, 0.6) is 11.5 Å². The van der Waals surface area contributed by atoms with Crippen LogP contribution in [0.15, 0.2) is 18.2 Å². The van der Waals surface area contributed by atoms with Gasteiger partial charge < -0.3 is 14.4 Å². The van der Waals surface area contributed by atoms with Crippen molar-refractivity contribution in [3.63, 3.8) is 0 Å². The van der Waals surface area contributed by atoms with Gasteiger partial charge in [-0.05, 0) is 31.0 Å². The van der Waals surface area contributed by atoms with Gasteiger partial charge in [-0.2, -0.15) is 5.26 Å². The summed E-state index contributed by atoms with van der Waals surface area (Å²) in [5.74, 6) is 1.38. The van der Waals surface area contributed by atoms with Crippen molar-refractivity contribution < 1.29 is 14.3 Å². The Hall–Kier alpha value is -2.22. The smallest absolute Gasteiger partial charge is 0.253 e. The maximum absolute atomic E-state index is 12.3. The summed E-state index contributed by atoms with van der Waals surface area (Å²) in [5, 5.41) is 8.85. The molecule has 19 heavy (non-hydrogen) atoms. The fourth-order valence-electron chi connectivity index (χ4n) is 2.42. The molecule has 0 aliphatic carbocycles. The number of carbonyl (C=O) groups is 1. The summed E-state index contributed by atoms with van der Waals surface area (Å²) in [5.41, 5.74) is 0.611. The highest BCUT2D eigenvalue weighted by atomic mass is 16.7. The van der Waals surface area contributed by atoms with Gasteiger partial charge in [-0.15, -0.1) is 0 Å². The molecule has 5 nitrogen and oxygen atoms in total. The molecule has 2 aliphatic heterocycles. The van der Waals surface area contributed by atoms with Crippen LogP contribution < -0.4 is 9.47 Å². The zero-order valence-electron chi connectivity index (χ0n) is 10.5. The van der Waals surface area contributed by atoms with E-state index < -0.39 is 0 Å². The topological polar surface area (TPSA) is 62.6 Å². The molecule has 1 aromatic carbocycles. The zero-order valence-corrected chi connectivity index (χ0v) is 10.5. The third-order valence-corrected chi connectivity index (χ3v) is 3.58. The van der Waals surface area contributed by atoms with Gasteiger partial charge in [0.1, 0.15) is 0 Å². The number of carbonyl (C=O) groups excluding carboxylic acids is 1. The number of amides is 1. The summed E-state index contributed by atoms with van der Waals surface area (Å²) < 4.78 is 10.5. The zero-order chi connectivity index (χ0) is 13.2. The van der Waals surface area contributed by atoms with E-state index in [1.54, 1.807) is 23.1 Å². The highest BCUT2D eigenvalue weighted by Gasteiger charge is 2.24. The van der Waals surface area contributed by atoms with E-state index in [0.717, 1.165) is 12.8 Å². The van der Waals surface area contributed by atoms with Crippen LogP contribution in [-0.2, 0) is 0 Å². The molecule has 0 spiro atoms. The summed E-state index contributed by atoms with van der Waals surface area (Å²) >= 11 is 0. The predicted octanol–water partition coefficient (Wildman–Crippen LogP) is 1.79. The van der Waals surface area contributed by atoms with Gasteiger partial charge in [0.05, 0.1) is 6.07 Å². The van der Waals surface area contributed by atoms with Crippen molar-refractivity contribution >= 4 is 5.91 Å². The molecule has 2 heterocycles. The van der Waals surface area contributed by atoms with Gasteiger partial charge in [0.2, 0.25) is 6.79 Å². The number of hydrogen-bond donors (Lipinski definition) is 0. The maximum atomic E-state index is 12.3. The van der Waals surface area contributed by atoms with Crippen LogP contribution in [0.2, 0.25) is 0 Å². The van der Waals surface area contributed by atoms with Gasteiger partial charge in [-0.3, -0.25) is 4.79 Å². The Balaban J connectivity index is 1.73. The maximum Gasteiger partial charge on any atom is 0.253 e. The SMILES string of the molecule is N#CC1CCN(C(=O)c2ccc3c(c2)OCO3)CC1. The second-order valence-electron chi connectivity index (χ2n) is 4.76. The fraction of sp³-hybridized carbons (Fsp3) is 0.429. The molecule has 0 aromatic heterocycles. The molecule has 0 bridgehead atoms. The molecule has 3 rings (SSSR count). The van der Waals surface area contributed by atoms with Crippen molar-refractivity contribution in [2.24, 2.45) is 5.92 Å². The Bertz CT molecular complexity index is 542. The number of likely N-dealkylation sites (tertiary alicyclic amines) is 1. The Morgan fingerprint density at radius 2 is 2.00 bits per heavy atom. The normalized spacial score (nSPS) is 18.2. The third kappa shape index (κ3) is 2.22. The van der Waals surface area contributed by atoms with Gasteiger partial charge >= 0.3 is 0 Å². The summed E-state index contributed by atoms with van der Waals surface area (Å²) in [6.07, 6.45) is 1.51. The predicted molar refractivity (Wildman–Crippen MR) is 66.8 cm³/mol. The lowest BCUT2D eigenvalue weighted by Crippen LogP contribution is -2.38. The quantitative estimate of drug-likeness (QED) is 0.770. The Morgan fingerprint density at radius 3 is 2.74 bits per heavy atom. The summed E-state index contributed by atoms with van der Waals surface area (Å²) in [7, 11) is 0. The lowest BCUT2D eigenvalue weighted by Gasteiger charge is -2.29. The molecular weight excluding hydrogens is 244 g/mol. The van der Waals surface area contributed by atoms with Crippen LogP contribution in [-0.4, -0.2) is 30.7 Å². The van der Waals surface area contributed by atoms with Crippen LogP contribution in [0.1, 0.15) is 23.2 Å². The molecule has 0 saturated carbocycles. The second kappa shape index (κ2) is 4.81. The Kier molecular flexibility index (Phi) is 3.00. The lowest BCUT2D eigenvalue weighted by molar-refractivity contribution is 0.0707. The Labute approximate surface area is 111 Å². The van der Waals surface area contributed by atoms with Crippen LogP contribution in [0.4, 0.5) is 0 Å². The number of nitriles is 1. The first-order valence-electron chi connectivity index (χ1n) is 6.36. The van der Waals surface area contributed by atoms with Crippen LogP contribution in [0, 0.1) is 17.2 Å². The van der Waals surface area contributed by atoms with Crippen LogP contribution >= 0.6 is 0 Å². The van der Waals surface area contributed by atoms with Gasteiger partial charge in [-0.1, -0.05) is 0 Å². The van der Waals surface area contributed by atoms with E-state index in [9.17, 15) is 4.79 Å². The summed E-state index contributed by atoms with van der Waals surface area (Å²) in [6.45, 7) is 1.50. The van der Waals surface area contributed by atoms with E-state index >= 15 is 0 Å². The lowest BCUT2D eigenvalue weighted by atomic mass is 9.98. The first kappa shape index (κ1) is 11.8. The van der Waals surface area contributed by atoms with Gasteiger partial charge in [0.15, 0.2) is 11.5 Å². The van der Waals surface area contributed by atoms with E-state index in [1.165, 1.54) is 0 Å². The molecule has 1 fully saturated rings. The number of fused-ring (bicyclic) bond motifs is 1. The molecule has 2 aliphatic rings. The second-order valence-corrected chi connectivity index (χ2v) is 4.76. The minimum atomic E-state index is -0.00492.